The minimum Gasteiger partial charge on any atom is -0.465 e. The molecule has 2 aliphatic carbocycles. The molecule has 0 spiro atoms. The van der Waals surface area contributed by atoms with Crippen LogP contribution in [0, 0.1) is 23.7 Å². The largest absolute Gasteiger partial charge is 0.465 e. The van der Waals surface area contributed by atoms with Crippen LogP contribution < -0.4 is 9.47 Å². The fourth-order valence-electron chi connectivity index (χ4n) is 5.87. The fraction of sp³-hybridized carbons (Fsp3) is 0.568. The summed E-state index contributed by atoms with van der Waals surface area (Å²) in [5.41, 5.74) is 0.0584. The van der Waals surface area contributed by atoms with Gasteiger partial charge >= 0.3 is 29.8 Å². The lowest BCUT2D eigenvalue weighted by Gasteiger charge is -2.30. The number of aliphatic hydroxyl groups excluding tert-OH is 1. The minimum atomic E-state index is -0.955. The Labute approximate surface area is 292 Å². The first-order valence-electron chi connectivity index (χ1n) is 17.2. The second kappa shape index (κ2) is 21.7. The summed E-state index contributed by atoms with van der Waals surface area (Å²) < 4.78 is 31.7. The molecule has 274 valence electrons. The highest BCUT2D eigenvalue weighted by molar-refractivity contribution is 5.85. The summed E-state index contributed by atoms with van der Waals surface area (Å²) in [6.07, 6.45) is 8.05. The summed E-state index contributed by atoms with van der Waals surface area (Å²) >= 11 is 0. The maximum Gasteiger partial charge on any atom is 0.330 e. The SMILES string of the molecule is C=CC(=O)OCCCCOC(=O)C1CCC(C(=O)Oc2ccc(OC(=O)C3CCC(C(O)OCCCCOC(=O)C=C)CC3)cc2C=O)CC1. The molecule has 13 heteroatoms. The molecule has 3 rings (SSSR count). The second-order valence-electron chi connectivity index (χ2n) is 12.4. The van der Waals surface area contributed by atoms with Crippen molar-refractivity contribution in [3.8, 4) is 11.5 Å². The van der Waals surface area contributed by atoms with Crippen LogP contribution in [0.3, 0.4) is 0 Å². The fourth-order valence-corrected chi connectivity index (χ4v) is 5.87. The highest BCUT2D eigenvalue weighted by Crippen LogP contribution is 2.34. The lowest BCUT2D eigenvalue weighted by Crippen LogP contribution is -2.32. The lowest BCUT2D eigenvalue weighted by molar-refractivity contribution is -0.152. The number of esters is 5. The van der Waals surface area contributed by atoms with Gasteiger partial charge in [-0.3, -0.25) is 19.2 Å². The molecular formula is C37H48O13. The third-order valence-corrected chi connectivity index (χ3v) is 8.87. The summed E-state index contributed by atoms with van der Waals surface area (Å²) in [6, 6.07) is 4.23. The predicted molar refractivity (Wildman–Crippen MR) is 178 cm³/mol. The van der Waals surface area contributed by atoms with Crippen LogP contribution >= 0.6 is 0 Å². The van der Waals surface area contributed by atoms with Gasteiger partial charge in [-0.2, -0.15) is 0 Å². The highest BCUT2D eigenvalue weighted by Gasteiger charge is 2.33. The number of unbranched alkanes of at least 4 members (excludes halogenated alkanes) is 2. The number of ether oxygens (including phenoxy) is 6. The molecule has 1 aromatic carbocycles. The molecule has 0 heterocycles. The smallest absolute Gasteiger partial charge is 0.330 e. The van der Waals surface area contributed by atoms with E-state index in [1.807, 2.05) is 0 Å². The first-order chi connectivity index (χ1) is 24.1. The standard InChI is InChI=1S/C37H48O13/c1-3-32(39)45-19-5-7-21-47-34(41)25-9-13-27(14-10-25)36(43)49-30-17-18-31(29(23-30)24-38)50-37(44)28-15-11-26(12-16-28)35(42)48-22-8-6-20-46-33(40)4-2/h3-4,17-18,23-28,34,41H,1-2,5-16,19-22H2. The van der Waals surface area contributed by atoms with E-state index in [9.17, 15) is 33.9 Å². The van der Waals surface area contributed by atoms with Crippen LogP contribution in [0.1, 0.15) is 87.4 Å². The van der Waals surface area contributed by atoms with E-state index >= 15 is 0 Å². The van der Waals surface area contributed by atoms with Gasteiger partial charge in [0.15, 0.2) is 12.6 Å². The van der Waals surface area contributed by atoms with Crippen LogP contribution in [0.25, 0.3) is 0 Å². The van der Waals surface area contributed by atoms with Crippen LogP contribution in [0.4, 0.5) is 0 Å². The monoisotopic (exact) mass is 700 g/mol. The molecule has 13 nitrogen and oxygen atoms in total. The van der Waals surface area contributed by atoms with E-state index in [2.05, 4.69) is 13.2 Å². The van der Waals surface area contributed by atoms with E-state index in [0.29, 0.717) is 89.9 Å². The topological polar surface area (TPSA) is 178 Å². The van der Waals surface area contributed by atoms with Crippen LogP contribution in [0.2, 0.25) is 0 Å². The van der Waals surface area contributed by atoms with E-state index in [-0.39, 0.29) is 60.6 Å². The minimum absolute atomic E-state index is 0.0531. The van der Waals surface area contributed by atoms with Gasteiger partial charge in [-0.05, 0) is 95.2 Å². The Morgan fingerprint density at radius 1 is 0.680 bits per heavy atom. The zero-order valence-electron chi connectivity index (χ0n) is 28.4. The Hall–Kier alpha value is -4.36. The van der Waals surface area contributed by atoms with Gasteiger partial charge in [0, 0.05) is 24.7 Å². The molecule has 0 saturated heterocycles. The van der Waals surface area contributed by atoms with Gasteiger partial charge in [0.05, 0.1) is 43.1 Å². The third-order valence-electron chi connectivity index (χ3n) is 8.87. The average molecular weight is 701 g/mol. The normalized spacial score (nSPS) is 20.7. The van der Waals surface area contributed by atoms with Gasteiger partial charge in [-0.15, -0.1) is 0 Å². The molecule has 0 radical (unpaired) electrons. The molecule has 0 bridgehead atoms. The van der Waals surface area contributed by atoms with Crippen molar-refractivity contribution in [2.24, 2.45) is 23.7 Å². The van der Waals surface area contributed by atoms with E-state index in [1.165, 1.54) is 18.2 Å². The molecule has 2 fully saturated rings. The number of rotatable bonds is 20. The Balaban J connectivity index is 1.35. The van der Waals surface area contributed by atoms with Crippen LogP contribution in [0.15, 0.2) is 43.5 Å². The lowest BCUT2D eigenvalue weighted by atomic mass is 9.81. The van der Waals surface area contributed by atoms with Gasteiger partial charge in [-0.1, -0.05) is 13.2 Å². The molecule has 2 saturated carbocycles. The number of aliphatic hydroxyl groups is 1. The van der Waals surface area contributed by atoms with E-state index in [4.69, 9.17) is 28.4 Å². The number of hydrogen-bond donors (Lipinski definition) is 1. The molecule has 1 aromatic rings. The Bertz CT molecular complexity index is 1320. The van der Waals surface area contributed by atoms with Crippen LogP contribution in [-0.2, 0) is 42.9 Å². The molecule has 50 heavy (non-hydrogen) atoms. The molecule has 1 unspecified atom stereocenters. The van der Waals surface area contributed by atoms with Crippen molar-refractivity contribution in [2.75, 3.05) is 26.4 Å². The maximum absolute atomic E-state index is 12.9. The van der Waals surface area contributed by atoms with Crippen LogP contribution in [0.5, 0.6) is 11.5 Å². The molecule has 1 N–H and O–H groups in total. The molecule has 0 aliphatic heterocycles. The average Bonchev–Trinajstić information content (AvgIpc) is 3.14. The zero-order chi connectivity index (χ0) is 36.3. The first-order valence-corrected chi connectivity index (χ1v) is 17.2. The van der Waals surface area contributed by atoms with Gasteiger partial charge in [0.25, 0.3) is 0 Å². The Kier molecular flexibility index (Phi) is 17.4. The van der Waals surface area contributed by atoms with E-state index in [1.54, 1.807) is 0 Å². The van der Waals surface area contributed by atoms with Crippen molar-refractivity contribution < 1.29 is 62.3 Å². The molecule has 0 aromatic heterocycles. The van der Waals surface area contributed by atoms with Gasteiger partial charge < -0.3 is 33.5 Å². The molecule has 2 aliphatic rings. The predicted octanol–water partition coefficient (Wildman–Crippen LogP) is 4.82. The number of carbonyl (C=O) groups excluding carboxylic acids is 6. The molecule has 0 amide bonds. The highest BCUT2D eigenvalue weighted by atomic mass is 16.6. The quantitative estimate of drug-likeness (QED) is 0.0373. The van der Waals surface area contributed by atoms with Crippen molar-refractivity contribution in [1.82, 2.24) is 0 Å². The van der Waals surface area contributed by atoms with E-state index < -0.39 is 36.1 Å². The zero-order valence-corrected chi connectivity index (χ0v) is 28.4. The number of aldehydes is 1. The van der Waals surface area contributed by atoms with E-state index in [0.717, 1.165) is 12.2 Å². The summed E-state index contributed by atoms with van der Waals surface area (Å²) in [7, 11) is 0. The Morgan fingerprint density at radius 2 is 1.16 bits per heavy atom. The molecule has 1 atom stereocenters. The van der Waals surface area contributed by atoms with Gasteiger partial charge in [0.1, 0.15) is 11.5 Å². The van der Waals surface area contributed by atoms with Gasteiger partial charge in [0.2, 0.25) is 0 Å². The van der Waals surface area contributed by atoms with Crippen molar-refractivity contribution in [3.05, 3.63) is 49.1 Å². The summed E-state index contributed by atoms with van der Waals surface area (Å²) in [6.45, 7) is 7.67. The van der Waals surface area contributed by atoms with Crippen LogP contribution in [-0.4, -0.2) is 74.0 Å². The number of carbonyl (C=O) groups is 6. The summed E-state index contributed by atoms with van der Waals surface area (Å²) in [4.78, 5) is 72.1. The maximum atomic E-state index is 12.9. The number of hydrogen-bond acceptors (Lipinski definition) is 13. The van der Waals surface area contributed by atoms with Crippen molar-refractivity contribution in [1.29, 1.82) is 0 Å². The van der Waals surface area contributed by atoms with Crippen molar-refractivity contribution in [3.63, 3.8) is 0 Å². The van der Waals surface area contributed by atoms with Crippen molar-refractivity contribution in [2.45, 2.75) is 83.3 Å². The van der Waals surface area contributed by atoms with Crippen molar-refractivity contribution >= 4 is 36.1 Å². The number of benzene rings is 1. The summed E-state index contributed by atoms with van der Waals surface area (Å²) in [5.74, 6) is -3.29. The molecular weight excluding hydrogens is 652 g/mol. The Morgan fingerprint density at radius 3 is 1.70 bits per heavy atom. The second-order valence-corrected chi connectivity index (χ2v) is 12.4. The summed E-state index contributed by atoms with van der Waals surface area (Å²) in [5, 5.41) is 10.4. The third kappa shape index (κ3) is 13.5. The van der Waals surface area contributed by atoms with Gasteiger partial charge in [-0.25, -0.2) is 9.59 Å². The first kappa shape index (κ1) is 40.1.